The molecule has 1 atom stereocenters. The zero-order valence-electron chi connectivity index (χ0n) is 10.9. The third-order valence-corrected chi connectivity index (χ3v) is 3.61. The highest BCUT2D eigenvalue weighted by atomic mass is 35.5. The Hall–Kier alpha value is -0.910. The van der Waals surface area contributed by atoms with E-state index in [0.29, 0.717) is 24.1 Å². The van der Waals surface area contributed by atoms with E-state index in [2.05, 4.69) is 15.3 Å². The quantitative estimate of drug-likeness (QED) is 0.907. The lowest BCUT2D eigenvalue weighted by Crippen LogP contribution is -2.39. The van der Waals surface area contributed by atoms with Crippen LogP contribution < -0.4 is 5.32 Å². The van der Waals surface area contributed by atoms with E-state index in [1.165, 1.54) is 0 Å². The van der Waals surface area contributed by atoms with Gasteiger partial charge in [-0.3, -0.25) is 0 Å². The molecule has 0 aromatic carbocycles. The first-order chi connectivity index (χ1) is 8.56. The van der Waals surface area contributed by atoms with Crippen LogP contribution in [0.4, 0.5) is 5.82 Å². The molecule has 0 amide bonds. The van der Waals surface area contributed by atoms with E-state index in [0.717, 1.165) is 24.4 Å². The van der Waals surface area contributed by atoms with Crippen molar-refractivity contribution in [3.8, 4) is 0 Å². The van der Waals surface area contributed by atoms with Crippen molar-refractivity contribution >= 4 is 17.4 Å². The van der Waals surface area contributed by atoms with Gasteiger partial charge in [-0.25, -0.2) is 9.97 Å². The van der Waals surface area contributed by atoms with Crippen LogP contribution in [0.15, 0.2) is 0 Å². The molecule has 18 heavy (non-hydrogen) atoms. The van der Waals surface area contributed by atoms with Crippen molar-refractivity contribution in [2.24, 2.45) is 0 Å². The molecule has 1 N–H and O–H groups in total. The largest absolute Gasteiger partial charge is 0.378 e. The molecule has 6 heteroatoms. The highest BCUT2D eigenvalue weighted by Gasteiger charge is 2.35. The Morgan fingerprint density at radius 2 is 2.11 bits per heavy atom. The Kier molecular flexibility index (Phi) is 4.04. The minimum absolute atomic E-state index is 0.288. The van der Waals surface area contributed by atoms with Gasteiger partial charge in [-0.1, -0.05) is 11.6 Å². The van der Waals surface area contributed by atoms with Gasteiger partial charge in [-0.2, -0.15) is 0 Å². The second-order valence-electron chi connectivity index (χ2n) is 4.58. The van der Waals surface area contributed by atoms with Crippen LogP contribution in [0.1, 0.15) is 17.8 Å². The van der Waals surface area contributed by atoms with E-state index in [-0.39, 0.29) is 5.60 Å². The molecule has 1 aromatic heterocycles. The van der Waals surface area contributed by atoms with Crippen molar-refractivity contribution in [3.05, 3.63) is 16.5 Å². The Balaban J connectivity index is 2.08. The number of hydrogen-bond donors (Lipinski definition) is 1. The van der Waals surface area contributed by atoms with Gasteiger partial charge in [0.1, 0.15) is 5.60 Å². The topological polar surface area (TPSA) is 56.3 Å². The van der Waals surface area contributed by atoms with Gasteiger partial charge in [0.2, 0.25) is 0 Å². The first-order valence-electron chi connectivity index (χ1n) is 5.94. The number of nitrogens with one attached hydrogen (secondary N) is 1. The summed E-state index contributed by atoms with van der Waals surface area (Å²) in [6, 6.07) is 0. The molecule has 0 radical (unpaired) electrons. The molecule has 1 aromatic rings. The Morgan fingerprint density at radius 1 is 1.39 bits per heavy atom. The van der Waals surface area contributed by atoms with Gasteiger partial charge in [0.05, 0.1) is 18.0 Å². The van der Waals surface area contributed by atoms with Crippen molar-refractivity contribution in [2.75, 3.05) is 32.2 Å². The van der Waals surface area contributed by atoms with E-state index in [1.807, 2.05) is 13.8 Å². The van der Waals surface area contributed by atoms with Gasteiger partial charge in [-0.15, -0.1) is 0 Å². The number of halogens is 1. The van der Waals surface area contributed by atoms with Gasteiger partial charge < -0.3 is 14.8 Å². The minimum atomic E-state index is -0.288. The van der Waals surface area contributed by atoms with Crippen LogP contribution >= 0.6 is 11.6 Å². The minimum Gasteiger partial charge on any atom is -0.378 e. The Bertz CT molecular complexity index is 434. The summed E-state index contributed by atoms with van der Waals surface area (Å²) in [6.07, 6.45) is 0.867. The lowest BCUT2D eigenvalue weighted by molar-refractivity contribution is -0.00625. The maximum absolute atomic E-state index is 6.07. The smallest absolute Gasteiger partial charge is 0.171 e. The molecule has 2 rings (SSSR count). The normalized spacial score (nSPS) is 23.3. The number of aromatic nitrogens is 2. The van der Waals surface area contributed by atoms with Gasteiger partial charge >= 0.3 is 0 Å². The molecule has 2 heterocycles. The van der Waals surface area contributed by atoms with Crippen LogP contribution in [0, 0.1) is 13.8 Å². The summed E-state index contributed by atoms with van der Waals surface area (Å²) in [5, 5.41) is 3.60. The van der Waals surface area contributed by atoms with E-state index in [1.54, 1.807) is 7.11 Å². The maximum atomic E-state index is 6.07. The van der Waals surface area contributed by atoms with Crippen molar-refractivity contribution in [1.29, 1.82) is 0 Å². The fourth-order valence-electron chi connectivity index (χ4n) is 1.89. The number of rotatable bonds is 4. The van der Waals surface area contributed by atoms with Crippen molar-refractivity contribution < 1.29 is 9.47 Å². The third kappa shape index (κ3) is 2.74. The first-order valence-corrected chi connectivity index (χ1v) is 6.32. The molecular formula is C12H18ClN3O2. The lowest BCUT2D eigenvalue weighted by atomic mass is 10.0. The van der Waals surface area contributed by atoms with Crippen LogP contribution in [0.25, 0.3) is 0 Å². The van der Waals surface area contributed by atoms with Gasteiger partial charge in [-0.05, 0) is 13.8 Å². The van der Waals surface area contributed by atoms with Crippen LogP contribution in [0.3, 0.4) is 0 Å². The average molecular weight is 272 g/mol. The SMILES string of the molecule is COC1(CNc2nc(C)c(C)nc2Cl)CCOC1. The second-order valence-corrected chi connectivity index (χ2v) is 4.94. The molecule has 0 saturated carbocycles. The summed E-state index contributed by atoms with van der Waals surface area (Å²) in [6.45, 7) is 5.72. The van der Waals surface area contributed by atoms with Crippen LogP contribution in [-0.2, 0) is 9.47 Å². The van der Waals surface area contributed by atoms with Gasteiger partial charge in [0.25, 0.3) is 0 Å². The first kappa shape index (κ1) is 13.5. The zero-order chi connectivity index (χ0) is 13.2. The summed E-state index contributed by atoms with van der Waals surface area (Å²) in [7, 11) is 1.70. The molecule has 0 aliphatic carbocycles. The van der Waals surface area contributed by atoms with E-state index in [9.17, 15) is 0 Å². The molecule has 100 valence electrons. The van der Waals surface area contributed by atoms with E-state index in [4.69, 9.17) is 21.1 Å². The molecular weight excluding hydrogens is 254 g/mol. The van der Waals surface area contributed by atoms with Crippen LogP contribution in [0.5, 0.6) is 0 Å². The fourth-order valence-corrected chi connectivity index (χ4v) is 2.13. The molecule has 1 unspecified atom stereocenters. The number of ether oxygens (including phenoxy) is 2. The number of nitrogens with zero attached hydrogens (tertiary/aromatic N) is 2. The molecule has 1 aliphatic heterocycles. The van der Waals surface area contributed by atoms with E-state index >= 15 is 0 Å². The summed E-state index contributed by atoms with van der Waals surface area (Å²) in [4.78, 5) is 8.63. The summed E-state index contributed by atoms with van der Waals surface area (Å²) in [5.41, 5.74) is 1.43. The Labute approximate surface area is 112 Å². The summed E-state index contributed by atoms with van der Waals surface area (Å²) < 4.78 is 10.9. The second kappa shape index (κ2) is 5.38. The van der Waals surface area contributed by atoms with Crippen molar-refractivity contribution in [2.45, 2.75) is 25.9 Å². The Morgan fingerprint density at radius 3 is 2.72 bits per heavy atom. The number of hydrogen-bond acceptors (Lipinski definition) is 5. The predicted molar refractivity (Wildman–Crippen MR) is 70.2 cm³/mol. The summed E-state index contributed by atoms with van der Waals surface area (Å²) >= 11 is 6.07. The number of anilines is 1. The van der Waals surface area contributed by atoms with Gasteiger partial charge in [0.15, 0.2) is 11.0 Å². The van der Waals surface area contributed by atoms with Crippen LogP contribution in [-0.4, -0.2) is 42.4 Å². The number of methoxy groups -OCH3 is 1. The van der Waals surface area contributed by atoms with E-state index < -0.39 is 0 Å². The third-order valence-electron chi connectivity index (χ3n) is 3.34. The van der Waals surface area contributed by atoms with Gasteiger partial charge in [0, 0.05) is 26.7 Å². The monoisotopic (exact) mass is 271 g/mol. The molecule has 1 saturated heterocycles. The summed E-state index contributed by atoms with van der Waals surface area (Å²) in [5.74, 6) is 0.600. The highest BCUT2D eigenvalue weighted by molar-refractivity contribution is 6.31. The van der Waals surface area contributed by atoms with Crippen LogP contribution in [0.2, 0.25) is 5.15 Å². The standard InChI is InChI=1S/C12H18ClN3O2/c1-8-9(2)16-11(10(13)15-8)14-6-12(17-3)4-5-18-7-12/h4-7H2,1-3H3,(H,14,16). The molecule has 1 aliphatic rings. The zero-order valence-corrected chi connectivity index (χ0v) is 11.7. The fraction of sp³-hybridized carbons (Fsp3) is 0.667. The average Bonchev–Trinajstić information content (AvgIpc) is 2.82. The maximum Gasteiger partial charge on any atom is 0.171 e. The highest BCUT2D eigenvalue weighted by Crippen LogP contribution is 2.25. The van der Waals surface area contributed by atoms with Crippen molar-refractivity contribution in [1.82, 2.24) is 9.97 Å². The molecule has 0 spiro atoms. The molecule has 5 nitrogen and oxygen atoms in total. The lowest BCUT2D eigenvalue weighted by Gasteiger charge is -2.26. The molecule has 0 bridgehead atoms. The number of aryl methyl sites for hydroxylation is 2. The predicted octanol–water partition coefficient (Wildman–Crippen LogP) is 1.96. The van der Waals surface area contributed by atoms with Crippen molar-refractivity contribution in [3.63, 3.8) is 0 Å². The molecule has 1 fully saturated rings.